The Morgan fingerprint density at radius 2 is 1.73 bits per heavy atom. The molecule has 1 rings (SSSR count). The van der Waals surface area contributed by atoms with Crippen molar-refractivity contribution >= 4 is 17.2 Å². The summed E-state index contributed by atoms with van der Waals surface area (Å²) in [5.41, 5.74) is 8.86. The number of hydrogen-bond acceptors (Lipinski definition) is 1. The highest BCUT2D eigenvalue weighted by Crippen LogP contribution is 2.12. The minimum Gasteiger partial charge on any atom is -0.389 e. The van der Waals surface area contributed by atoms with Crippen LogP contribution in [0.3, 0.4) is 0 Å². The van der Waals surface area contributed by atoms with Crippen molar-refractivity contribution in [2.45, 2.75) is 13.8 Å². The lowest BCUT2D eigenvalue weighted by Gasteiger charge is -2.06. The van der Waals surface area contributed by atoms with E-state index in [0.717, 1.165) is 16.7 Å². The van der Waals surface area contributed by atoms with Gasteiger partial charge in [-0.05, 0) is 25.0 Å². The fraction of sp³-hybridized carbons (Fsp3) is 0.222. The zero-order valence-corrected chi connectivity index (χ0v) is 7.53. The lowest BCUT2D eigenvalue weighted by atomic mass is 10.0. The standard InChI is InChI=1S/C9H11NS/c1-6-4-3-5-7(2)8(6)9(10)11/h3-5H,1-2H3,(H2,10,11). The second-order valence-electron chi connectivity index (χ2n) is 2.63. The number of aryl methyl sites for hydroxylation is 2. The molecule has 0 fully saturated rings. The van der Waals surface area contributed by atoms with E-state index in [9.17, 15) is 0 Å². The molecule has 0 radical (unpaired) electrons. The number of benzene rings is 1. The van der Waals surface area contributed by atoms with Crippen molar-refractivity contribution in [3.63, 3.8) is 0 Å². The summed E-state index contributed by atoms with van der Waals surface area (Å²) in [6.07, 6.45) is 0. The largest absolute Gasteiger partial charge is 0.389 e. The van der Waals surface area contributed by atoms with Crippen LogP contribution in [0.4, 0.5) is 0 Å². The van der Waals surface area contributed by atoms with Gasteiger partial charge in [0.1, 0.15) is 4.99 Å². The molecule has 1 aromatic rings. The SMILES string of the molecule is Cc1cccc(C)c1C(N)=S. The normalized spacial score (nSPS) is 9.64. The molecule has 0 unspecified atom stereocenters. The predicted molar refractivity (Wildman–Crippen MR) is 51.8 cm³/mol. The first kappa shape index (κ1) is 8.21. The van der Waals surface area contributed by atoms with Gasteiger partial charge < -0.3 is 5.73 Å². The average Bonchev–Trinajstić information content (AvgIpc) is 1.85. The molecule has 1 aromatic carbocycles. The number of rotatable bonds is 1. The molecule has 0 saturated heterocycles. The minimum absolute atomic E-state index is 0.487. The molecule has 2 heteroatoms. The van der Waals surface area contributed by atoms with E-state index in [1.807, 2.05) is 32.0 Å². The topological polar surface area (TPSA) is 26.0 Å². The van der Waals surface area contributed by atoms with E-state index < -0.39 is 0 Å². The maximum atomic E-state index is 5.55. The molecule has 0 atom stereocenters. The highest BCUT2D eigenvalue weighted by molar-refractivity contribution is 7.80. The number of hydrogen-bond donors (Lipinski definition) is 1. The molecule has 2 N–H and O–H groups in total. The molecule has 58 valence electrons. The van der Waals surface area contributed by atoms with Crippen LogP contribution in [0.1, 0.15) is 16.7 Å². The van der Waals surface area contributed by atoms with Gasteiger partial charge in [-0.1, -0.05) is 30.4 Å². The highest BCUT2D eigenvalue weighted by atomic mass is 32.1. The molecule has 0 amide bonds. The Labute approximate surface area is 72.2 Å². The Hall–Kier alpha value is -0.890. The Kier molecular flexibility index (Phi) is 2.25. The summed E-state index contributed by atoms with van der Waals surface area (Å²) in [4.78, 5) is 0.487. The van der Waals surface area contributed by atoms with Crippen molar-refractivity contribution in [1.82, 2.24) is 0 Å². The molecule has 0 heterocycles. The second-order valence-corrected chi connectivity index (χ2v) is 3.07. The Morgan fingerprint density at radius 3 is 2.00 bits per heavy atom. The smallest absolute Gasteiger partial charge is 0.104 e. The van der Waals surface area contributed by atoms with Crippen LogP contribution in [0.15, 0.2) is 18.2 Å². The molecule has 0 spiro atoms. The van der Waals surface area contributed by atoms with Crippen molar-refractivity contribution in [3.05, 3.63) is 34.9 Å². The van der Waals surface area contributed by atoms with Gasteiger partial charge in [0, 0.05) is 5.56 Å². The highest BCUT2D eigenvalue weighted by Gasteiger charge is 2.02. The Balaban J connectivity index is 3.32. The first-order valence-corrected chi connectivity index (χ1v) is 3.90. The van der Waals surface area contributed by atoms with Crippen molar-refractivity contribution in [2.24, 2.45) is 5.73 Å². The van der Waals surface area contributed by atoms with Crippen molar-refractivity contribution in [1.29, 1.82) is 0 Å². The zero-order valence-electron chi connectivity index (χ0n) is 6.72. The second kappa shape index (κ2) is 3.01. The van der Waals surface area contributed by atoms with Crippen molar-refractivity contribution in [3.8, 4) is 0 Å². The first-order valence-electron chi connectivity index (χ1n) is 3.49. The van der Waals surface area contributed by atoms with Gasteiger partial charge in [-0.15, -0.1) is 0 Å². The maximum Gasteiger partial charge on any atom is 0.104 e. The van der Waals surface area contributed by atoms with Crippen LogP contribution >= 0.6 is 12.2 Å². The molecule has 0 aliphatic rings. The minimum atomic E-state index is 0.487. The summed E-state index contributed by atoms with van der Waals surface area (Å²) in [6, 6.07) is 6.04. The third-order valence-corrected chi connectivity index (χ3v) is 1.93. The third kappa shape index (κ3) is 1.57. The van der Waals surface area contributed by atoms with E-state index in [-0.39, 0.29) is 0 Å². The molecular formula is C9H11NS. The fourth-order valence-electron chi connectivity index (χ4n) is 1.20. The molecule has 0 aliphatic heterocycles. The van der Waals surface area contributed by atoms with E-state index in [2.05, 4.69) is 0 Å². The summed E-state index contributed by atoms with van der Waals surface area (Å²) in [6.45, 7) is 4.03. The predicted octanol–water partition coefficient (Wildman–Crippen LogP) is 1.94. The average molecular weight is 165 g/mol. The zero-order chi connectivity index (χ0) is 8.43. The summed E-state index contributed by atoms with van der Waals surface area (Å²) in [5, 5.41) is 0. The molecule has 0 saturated carbocycles. The summed E-state index contributed by atoms with van der Waals surface area (Å²) in [5.74, 6) is 0. The number of thiocarbonyl (C=S) groups is 1. The van der Waals surface area contributed by atoms with Gasteiger partial charge in [0.25, 0.3) is 0 Å². The molecule has 0 aliphatic carbocycles. The molecule has 0 aromatic heterocycles. The van der Waals surface area contributed by atoms with E-state index in [4.69, 9.17) is 18.0 Å². The van der Waals surface area contributed by atoms with Crippen LogP contribution in [0.2, 0.25) is 0 Å². The monoisotopic (exact) mass is 165 g/mol. The lowest BCUT2D eigenvalue weighted by molar-refractivity contribution is 1.35. The fourth-order valence-corrected chi connectivity index (χ4v) is 1.53. The Bertz CT molecular complexity index is 271. The summed E-state index contributed by atoms with van der Waals surface area (Å²) >= 11 is 4.91. The molecule has 11 heavy (non-hydrogen) atoms. The number of nitrogens with two attached hydrogens (primary N) is 1. The van der Waals surface area contributed by atoms with E-state index in [0.29, 0.717) is 4.99 Å². The summed E-state index contributed by atoms with van der Waals surface area (Å²) in [7, 11) is 0. The van der Waals surface area contributed by atoms with Crippen LogP contribution in [0.25, 0.3) is 0 Å². The van der Waals surface area contributed by atoms with Gasteiger partial charge in [0.15, 0.2) is 0 Å². The van der Waals surface area contributed by atoms with Crippen LogP contribution in [-0.2, 0) is 0 Å². The van der Waals surface area contributed by atoms with Gasteiger partial charge in [0.05, 0.1) is 0 Å². The first-order chi connectivity index (χ1) is 5.13. The van der Waals surface area contributed by atoms with Gasteiger partial charge in [0.2, 0.25) is 0 Å². The van der Waals surface area contributed by atoms with Gasteiger partial charge >= 0.3 is 0 Å². The molecule has 0 bridgehead atoms. The summed E-state index contributed by atoms with van der Waals surface area (Å²) < 4.78 is 0. The van der Waals surface area contributed by atoms with Crippen molar-refractivity contribution in [2.75, 3.05) is 0 Å². The van der Waals surface area contributed by atoms with E-state index in [1.54, 1.807) is 0 Å². The van der Waals surface area contributed by atoms with Crippen LogP contribution in [0.5, 0.6) is 0 Å². The van der Waals surface area contributed by atoms with Crippen LogP contribution in [0, 0.1) is 13.8 Å². The quantitative estimate of drug-likeness (QED) is 0.643. The van der Waals surface area contributed by atoms with Crippen molar-refractivity contribution < 1.29 is 0 Å². The van der Waals surface area contributed by atoms with E-state index >= 15 is 0 Å². The van der Waals surface area contributed by atoms with E-state index in [1.165, 1.54) is 0 Å². The van der Waals surface area contributed by atoms with Crippen LogP contribution in [-0.4, -0.2) is 4.99 Å². The lowest BCUT2D eigenvalue weighted by Crippen LogP contribution is -2.12. The van der Waals surface area contributed by atoms with Gasteiger partial charge in [-0.25, -0.2) is 0 Å². The maximum absolute atomic E-state index is 5.55. The molecule has 1 nitrogen and oxygen atoms in total. The van der Waals surface area contributed by atoms with Gasteiger partial charge in [-0.2, -0.15) is 0 Å². The van der Waals surface area contributed by atoms with Crippen LogP contribution < -0.4 is 5.73 Å². The Morgan fingerprint density at radius 1 is 1.27 bits per heavy atom. The molecular weight excluding hydrogens is 154 g/mol. The third-order valence-electron chi connectivity index (χ3n) is 1.73. The van der Waals surface area contributed by atoms with Gasteiger partial charge in [-0.3, -0.25) is 0 Å².